The van der Waals surface area contributed by atoms with Crippen LogP contribution in [0.25, 0.3) is 11.3 Å². The quantitative estimate of drug-likeness (QED) is 0.740. The van der Waals surface area contributed by atoms with Gasteiger partial charge < -0.3 is 4.74 Å². The number of benzene rings is 1. The summed E-state index contributed by atoms with van der Waals surface area (Å²) in [6.45, 7) is 3.80. The maximum atomic E-state index is 5.09. The first-order valence-corrected chi connectivity index (χ1v) is 4.72. The zero-order valence-corrected chi connectivity index (χ0v) is 8.60. The van der Waals surface area contributed by atoms with Crippen molar-refractivity contribution in [2.45, 2.75) is 0 Å². The molecule has 2 rings (SSSR count). The van der Waals surface area contributed by atoms with Crippen LogP contribution in [0.5, 0.6) is 5.75 Å². The van der Waals surface area contributed by atoms with Gasteiger partial charge in [-0.1, -0.05) is 6.07 Å². The van der Waals surface area contributed by atoms with Gasteiger partial charge in [-0.2, -0.15) is 0 Å². The molecule has 1 heterocycles. The van der Waals surface area contributed by atoms with Gasteiger partial charge in [0.05, 0.1) is 12.8 Å². The van der Waals surface area contributed by atoms with Gasteiger partial charge in [0.2, 0.25) is 0 Å². The van der Waals surface area contributed by atoms with Crippen molar-refractivity contribution in [2.75, 3.05) is 7.11 Å². The Morgan fingerprint density at radius 1 is 1.07 bits per heavy atom. The van der Waals surface area contributed by atoms with Crippen LogP contribution in [-0.2, 0) is 0 Å². The van der Waals surface area contributed by atoms with Crippen molar-refractivity contribution in [3.8, 4) is 17.0 Å². The molecule has 0 unspecified atom stereocenters. The zero-order chi connectivity index (χ0) is 10.7. The Hall–Kier alpha value is -1.83. The van der Waals surface area contributed by atoms with E-state index in [2.05, 4.69) is 11.9 Å². The van der Waals surface area contributed by atoms with E-state index in [9.17, 15) is 0 Å². The number of hydrogen-bond acceptors (Lipinski definition) is 2. The highest BCUT2D eigenvalue weighted by molar-refractivity contribution is 5.60. The van der Waals surface area contributed by atoms with Crippen LogP contribution in [0.3, 0.4) is 0 Å². The third-order valence-corrected chi connectivity index (χ3v) is 2.21. The molecule has 2 aromatic rings. The zero-order valence-electron chi connectivity index (χ0n) is 8.60. The normalized spacial score (nSPS) is 10.0. The molecule has 0 spiro atoms. The number of ether oxygens (including phenoxy) is 1. The molecule has 0 N–H and O–H groups in total. The van der Waals surface area contributed by atoms with Crippen LogP contribution in [0.1, 0.15) is 5.56 Å². The summed E-state index contributed by atoms with van der Waals surface area (Å²) in [6, 6.07) is 11.7. The maximum Gasteiger partial charge on any atom is 0.118 e. The van der Waals surface area contributed by atoms with Crippen molar-refractivity contribution in [2.24, 2.45) is 0 Å². The van der Waals surface area contributed by atoms with Crippen LogP contribution in [0.15, 0.2) is 42.6 Å². The van der Waals surface area contributed by atoms with Crippen LogP contribution >= 0.6 is 0 Å². The first-order chi connectivity index (χ1) is 7.29. The third-order valence-electron chi connectivity index (χ3n) is 2.21. The van der Waals surface area contributed by atoms with E-state index in [1.54, 1.807) is 13.3 Å². The Morgan fingerprint density at radius 2 is 1.80 bits per heavy atom. The van der Waals surface area contributed by atoms with E-state index >= 15 is 0 Å². The number of methoxy groups -OCH3 is 1. The first kappa shape index (κ1) is 9.71. The molecule has 0 bridgehead atoms. The summed E-state index contributed by atoms with van der Waals surface area (Å²) in [5.41, 5.74) is 2.95. The summed E-state index contributed by atoms with van der Waals surface area (Å²) in [5.74, 6) is 0.854. The van der Waals surface area contributed by atoms with Crippen molar-refractivity contribution < 1.29 is 4.74 Å². The van der Waals surface area contributed by atoms with Crippen molar-refractivity contribution >= 4 is 0 Å². The number of pyridine rings is 1. The van der Waals surface area contributed by atoms with Crippen molar-refractivity contribution in [1.82, 2.24) is 4.98 Å². The second-order valence-electron chi connectivity index (χ2n) is 3.28. The molecule has 0 amide bonds. The molecule has 15 heavy (non-hydrogen) atoms. The van der Waals surface area contributed by atoms with E-state index in [-0.39, 0.29) is 0 Å². The minimum Gasteiger partial charge on any atom is -0.497 e. The minimum absolute atomic E-state index is 0.854. The van der Waals surface area contributed by atoms with E-state index in [0.29, 0.717) is 0 Å². The highest BCUT2D eigenvalue weighted by atomic mass is 16.5. The summed E-state index contributed by atoms with van der Waals surface area (Å²) >= 11 is 0. The summed E-state index contributed by atoms with van der Waals surface area (Å²) in [4.78, 5) is 4.30. The number of hydrogen-bond donors (Lipinski definition) is 0. The molecule has 75 valence electrons. The van der Waals surface area contributed by atoms with Gasteiger partial charge in [-0.05, 0) is 42.8 Å². The van der Waals surface area contributed by atoms with Crippen LogP contribution in [0.4, 0.5) is 0 Å². The molecule has 0 aliphatic rings. The molecular weight excluding hydrogens is 186 g/mol. The molecule has 0 aliphatic carbocycles. The van der Waals surface area contributed by atoms with E-state index in [1.807, 2.05) is 36.4 Å². The van der Waals surface area contributed by atoms with Crippen LogP contribution in [0.2, 0.25) is 0 Å². The lowest BCUT2D eigenvalue weighted by Gasteiger charge is -2.03. The third kappa shape index (κ3) is 2.15. The maximum absolute atomic E-state index is 5.09. The fourth-order valence-electron chi connectivity index (χ4n) is 1.36. The van der Waals surface area contributed by atoms with Gasteiger partial charge >= 0.3 is 0 Å². The average molecular weight is 198 g/mol. The summed E-state index contributed by atoms with van der Waals surface area (Å²) in [7, 11) is 1.66. The Labute approximate surface area is 89.6 Å². The largest absolute Gasteiger partial charge is 0.497 e. The van der Waals surface area contributed by atoms with Crippen molar-refractivity contribution in [1.29, 1.82) is 0 Å². The molecule has 2 nitrogen and oxygen atoms in total. The van der Waals surface area contributed by atoms with Crippen LogP contribution < -0.4 is 4.74 Å². The van der Waals surface area contributed by atoms with Gasteiger partial charge in [-0.3, -0.25) is 4.98 Å². The Kier molecular flexibility index (Phi) is 2.68. The SMILES string of the molecule is [CH2]c1ccc(-c2ccc(OC)cc2)nc1. The number of nitrogens with zero attached hydrogens (tertiary/aromatic N) is 1. The summed E-state index contributed by atoms with van der Waals surface area (Å²) < 4.78 is 5.09. The number of rotatable bonds is 2. The average Bonchev–Trinajstić information content (AvgIpc) is 2.30. The fourth-order valence-corrected chi connectivity index (χ4v) is 1.36. The van der Waals surface area contributed by atoms with Gasteiger partial charge in [-0.25, -0.2) is 0 Å². The van der Waals surface area contributed by atoms with E-state index in [4.69, 9.17) is 4.74 Å². The van der Waals surface area contributed by atoms with Gasteiger partial charge in [-0.15, -0.1) is 0 Å². The van der Waals surface area contributed by atoms with Crippen LogP contribution in [0, 0.1) is 6.92 Å². The molecule has 0 atom stereocenters. The van der Waals surface area contributed by atoms with Crippen LogP contribution in [-0.4, -0.2) is 12.1 Å². The topological polar surface area (TPSA) is 22.1 Å². The smallest absolute Gasteiger partial charge is 0.118 e. The lowest BCUT2D eigenvalue weighted by atomic mass is 10.1. The molecule has 0 saturated carbocycles. The molecule has 2 heteroatoms. The van der Waals surface area contributed by atoms with E-state index < -0.39 is 0 Å². The second kappa shape index (κ2) is 4.13. The van der Waals surface area contributed by atoms with Gasteiger partial charge in [0.25, 0.3) is 0 Å². The lowest BCUT2D eigenvalue weighted by molar-refractivity contribution is 0.415. The van der Waals surface area contributed by atoms with Gasteiger partial charge in [0.15, 0.2) is 0 Å². The Bertz CT molecular complexity index is 431. The first-order valence-electron chi connectivity index (χ1n) is 4.72. The fraction of sp³-hybridized carbons (Fsp3) is 0.0769. The van der Waals surface area contributed by atoms with Gasteiger partial charge in [0.1, 0.15) is 5.75 Å². The van der Waals surface area contributed by atoms with Crippen molar-refractivity contribution in [3.63, 3.8) is 0 Å². The molecule has 0 aliphatic heterocycles. The highest BCUT2D eigenvalue weighted by Gasteiger charge is 1.98. The molecule has 0 fully saturated rings. The number of aromatic nitrogens is 1. The Balaban J connectivity index is 2.33. The molecule has 1 radical (unpaired) electrons. The monoisotopic (exact) mass is 198 g/mol. The van der Waals surface area contributed by atoms with E-state index in [1.165, 1.54) is 0 Å². The molecule has 0 saturated heterocycles. The molecule has 1 aromatic heterocycles. The Morgan fingerprint density at radius 3 is 2.33 bits per heavy atom. The molecule has 1 aromatic carbocycles. The minimum atomic E-state index is 0.854. The highest BCUT2D eigenvalue weighted by Crippen LogP contribution is 2.20. The second-order valence-corrected chi connectivity index (χ2v) is 3.28. The summed E-state index contributed by atoms with van der Waals surface area (Å²) in [5, 5.41) is 0. The van der Waals surface area contributed by atoms with E-state index in [0.717, 1.165) is 22.6 Å². The predicted octanol–water partition coefficient (Wildman–Crippen LogP) is 2.94. The van der Waals surface area contributed by atoms with Crippen molar-refractivity contribution in [3.05, 3.63) is 55.1 Å². The molecular formula is C13H12NO. The standard InChI is InChI=1S/C13H12NO/c1-10-3-8-13(14-9-10)11-4-6-12(15-2)7-5-11/h3-9H,1H2,2H3. The van der Waals surface area contributed by atoms with Gasteiger partial charge in [0, 0.05) is 11.8 Å². The summed E-state index contributed by atoms with van der Waals surface area (Å²) in [6.07, 6.45) is 1.76. The predicted molar refractivity (Wildman–Crippen MR) is 60.7 cm³/mol. The lowest BCUT2D eigenvalue weighted by Crippen LogP contribution is -1.85.